The Bertz CT molecular complexity index is 1950. The van der Waals surface area contributed by atoms with Gasteiger partial charge in [0.1, 0.15) is 17.2 Å². The van der Waals surface area contributed by atoms with Gasteiger partial charge in [0.25, 0.3) is 0 Å². The molecule has 7 rings (SSSR count). The number of ether oxygens (including phenoxy) is 2. The van der Waals surface area contributed by atoms with Crippen LogP contribution >= 0.6 is 12.2 Å². The van der Waals surface area contributed by atoms with Crippen LogP contribution in [0.2, 0.25) is 0 Å². The number of rotatable bonds is 7. The van der Waals surface area contributed by atoms with Crippen LogP contribution < -0.4 is 19.7 Å². The quantitative estimate of drug-likeness (QED) is 0.186. The van der Waals surface area contributed by atoms with E-state index in [1.807, 2.05) is 54.7 Å². The molecule has 0 radical (unpaired) electrons. The number of thiocarbonyl (C=S) groups is 1. The van der Waals surface area contributed by atoms with Crippen molar-refractivity contribution in [2.24, 2.45) is 0 Å². The second kappa shape index (κ2) is 11.5. The average Bonchev–Trinajstić information content (AvgIpc) is 3.56. The average molecular weight is 597 g/mol. The van der Waals surface area contributed by atoms with E-state index in [4.69, 9.17) is 26.7 Å². The highest BCUT2D eigenvalue weighted by atomic mass is 32.1. The van der Waals surface area contributed by atoms with E-state index in [0.717, 1.165) is 34.3 Å². The lowest BCUT2D eigenvalue weighted by atomic mass is 9.96. The Morgan fingerprint density at radius 1 is 0.773 bits per heavy atom. The van der Waals surface area contributed by atoms with E-state index in [1.165, 1.54) is 27.7 Å². The van der Waals surface area contributed by atoms with E-state index >= 15 is 0 Å². The van der Waals surface area contributed by atoms with Crippen LogP contribution in [0.5, 0.6) is 17.2 Å². The number of hydrogen-bond donors (Lipinski definition) is 1. The van der Waals surface area contributed by atoms with E-state index in [-0.39, 0.29) is 12.1 Å². The minimum atomic E-state index is -0.139. The molecule has 0 spiro atoms. The van der Waals surface area contributed by atoms with Gasteiger partial charge in [0.15, 0.2) is 5.11 Å². The topological polar surface area (TPSA) is 51.6 Å². The second-order valence-electron chi connectivity index (χ2n) is 10.9. The molecule has 6 aromatic rings. The van der Waals surface area contributed by atoms with Gasteiger partial charge in [0.2, 0.25) is 0 Å². The molecule has 1 aliphatic heterocycles. The van der Waals surface area contributed by atoms with Gasteiger partial charge in [-0.15, -0.1) is 0 Å². The Morgan fingerprint density at radius 2 is 1.45 bits per heavy atom. The Hall–Kier alpha value is -5.14. The molecule has 0 aliphatic carbocycles. The summed E-state index contributed by atoms with van der Waals surface area (Å²) in [6.07, 6.45) is 1.84. The number of hydrogen-bond acceptors (Lipinski definition) is 4. The van der Waals surface area contributed by atoms with Crippen LogP contribution in [0.1, 0.15) is 34.7 Å². The normalized spacial score (nSPS) is 16.2. The molecule has 1 saturated heterocycles. The molecule has 6 nitrogen and oxygen atoms in total. The van der Waals surface area contributed by atoms with E-state index in [1.54, 1.807) is 7.11 Å². The van der Waals surface area contributed by atoms with Gasteiger partial charge in [-0.1, -0.05) is 42.5 Å². The molecule has 218 valence electrons. The smallest absolute Gasteiger partial charge is 0.174 e. The highest BCUT2D eigenvalue weighted by Gasteiger charge is 2.42. The monoisotopic (exact) mass is 596 g/mol. The molecule has 0 amide bonds. The van der Waals surface area contributed by atoms with Crippen molar-refractivity contribution in [1.82, 2.24) is 14.9 Å². The maximum absolute atomic E-state index is 6.11. The fraction of sp³-hybridized carbons (Fsp3) is 0.135. The molecule has 7 heteroatoms. The third-order valence-corrected chi connectivity index (χ3v) is 8.62. The minimum Gasteiger partial charge on any atom is -0.497 e. The largest absolute Gasteiger partial charge is 0.497 e. The summed E-state index contributed by atoms with van der Waals surface area (Å²) in [5, 5.41) is 6.69. The van der Waals surface area contributed by atoms with Gasteiger partial charge in [-0.2, -0.15) is 0 Å². The highest BCUT2D eigenvalue weighted by Crippen LogP contribution is 2.44. The van der Waals surface area contributed by atoms with Crippen molar-refractivity contribution in [3.8, 4) is 22.9 Å². The second-order valence-corrected chi connectivity index (χ2v) is 11.3. The fourth-order valence-corrected chi connectivity index (χ4v) is 6.61. The number of fused-ring (bicyclic) bond motifs is 1. The zero-order valence-corrected chi connectivity index (χ0v) is 25.6. The van der Waals surface area contributed by atoms with Gasteiger partial charge in [0.05, 0.1) is 30.6 Å². The Kier molecular flexibility index (Phi) is 7.24. The lowest BCUT2D eigenvalue weighted by Gasteiger charge is -2.28. The Morgan fingerprint density at radius 3 is 2.18 bits per heavy atom. The van der Waals surface area contributed by atoms with Crippen LogP contribution in [-0.4, -0.2) is 21.8 Å². The van der Waals surface area contributed by atoms with Crippen molar-refractivity contribution >= 4 is 33.8 Å². The van der Waals surface area contributed by atoms with Gasteiger partial charge in [-0.3, -0.25) is 4.98 Å². The van der Waals surface area contributed by atoms with Crippen molar-refractivity contribution in [2.75, 3.05) is 12.0 Å². The molecule has 0 saturated carbocycles. The fourth-order valence-electron chi connectivity index (χ4n) is 6.26. The maximum Gasteiger partial charge on any atom is 0.174 e. The summed E-state index contributed by atoms with van der Waals surface area (Å²) in [5.74, 6) is 2.27. The van der Waals surface area contributed by atoms with Crippen molar-refractivity contribution in [2.45, 2.75) is 25.9 Å². The number of nitrogens with zero attached hydrogens (tertiary/aromatic N) is 3. The number of benzene rings is 4. The summed E-state index contributed by atoms with van der Waals surface area (Å²) in [5.41, 5.74) is 6.60. The number of aryl methyl sites for hydroxylation is 1. The number of methoxy groups -OCH3 is 1. The molecule has 1 fully saturated rings. The standard InChI is InChI=1S/C37H32N4O2S/c1-24-23-32(25(2)40(24)34-13-8-10-26-9-4-5-11-31(26)34)36-35(33-12-6-7-22-38-33)39-37(44)41(36)27-14-16-29(17-15-27)43-30-20-18-28(42-3)19-21-30/h4-23,35-36H,1-3H3,(H,39,44)/t35-,36+/m1/s1. The summed E-state index contributed by atoms with van der Waals surface area (Å²) in [7, 11) is 1.65. The lowest BCUT2D eigenvalue weighted by molar-refractivity contribution is 0.413. The molecule has 1 N–H and O–H groups in total. The van der Waals surface area contributed by atoms with E-state index in [9.17, 15) is 0 Å². The van der Waals surface area contributed by atoms with Gasteiger partial charge in [-0.05, 0) is 110 Å². The number of pyridine rings is 1. The van der Waals surface area contributed by atoms with Gasteiger partial charge >= 0.3 is 0 Å². The summed E-state index contributed by atoms with van der Waals surface area (Å²) >= 11 is 6.01. The van der Waals surface area contributed by atoms with Crippen LogP contribution in [0, 0.1) is 13.8 Å². The third kappa shape index (κ3) is 4.95. The zero-order valence-electron chi connectivity index (χ0n) is 24.8. The van der Waals surface area contributed by atoms with Gasteiger partial charge < -0.3 is 24.3 Å². The first-order chi connectivity index (χ1) is 21.5. The van der Waals surface area contributed by atoms with Crippen LogP contribution in [0.4, 0.5) is 5.69 Å². The molecule has 0 unspecified atom stereocenters. The van der Waals surface area contributed by atoms with E-state index in [2.05, 4.69) is 95.4 Å². The SMILES string of the molecule is COc1ccc(Oc2ccc(N3C(=S)N[C@H](c4ccccn4)[C@@H]3c3cc(C)n(-c4cccc5ccccc45)c3C)cc2)cc1. The maximum atomic E-state index is 6.11. The number of nitrogens with one attached hydrogen (secondary N) is 1. The molecule has 44 heavy (non-hydrogen) atoms. The minimum absolute atomic E-state index is 0.124. The molecule has 4 aromatic carbocycles. The highest BCUT2D eigenvalue weighted by molar-refractivity contribution is 7.80. The Balaban J connectivity index is 1.29. The first kappa shape index (κ1) is 27.7. The van der Waals surface area contributed by atoms with Crippen LogP contribution in [0.15, 0.2) is 121 Å². The van der Waals surface area contributed by atoms with Crippen molar-refractivity contribution < 1.29 is 9.47 Å². The van der Waals surface area contributed by atoms with E-state index in [0.29, 0.717) is 5.11 Å². The van der Waals surface area contributed by atoms with Crippen LogP contribution in [0.3, 0.4) is 0 Å². The van der Waals surface area contributed by atoms with Crippen LogP contribution in [0.25, 0.3) is 16.5 Å². The van der Waals surface area contributed by atoms with Crippen molar-refractivity contribution in [3.05, 3.63) is 144 Å². The molecule has 0 bridgehead atoms. The number of aromatic nitrogens is 2. The summed E-state index contributed by atoms with van der Waals surface area (Å²) in [6.45, 7) is 4.37. The molecule has 2 atom stereocenters. The van der Waals surface area contributed by atoms with E-state index < -0.39 is 0 Å². The molecule has 2 aromatic heterocycles. The Labute approximate surface area is 262 Å². The lowest BCUT2D eigenvalue weighted by Crippen LogP contribution is -2.29. The van der Waals surface area contributed by atoms with Crippen LogP contribution in [-0.2, 0) is 0 Å². The van der Waals surface area contributed by atoms with Gasteiger partial charge in [0, 0.05) is 28.7 Å². The molecular weight excluding hydrogens is 565 g/mol. The van der Waals surface area contributed by atoms with Gasteiger partial charge in [-0.25, -0.2) is 0 Å². The zero-order chi connectivity index (χ0) is 30.2. The molecule has 1 aliphatic rings. The molecular formula is C37H32N4O2S. The number of anilines is 1. The van der Waals surface area contributed by atoms with Crippen molar-refractivity contribution in [1.29, 1.82) is 0 Å². The predicted octanol–water partition coefficient (Wildman–Crippen LogP) is 8.62. The van der Waals surface area contributed by atoms with Crippen molar-refractivity contribution in [3.63, 3.8) is 0 Å². The predicted molar refractivity (Wildman–Crippen MR) is 180 cm³/mol. The third-order valence-electron chi connectivity index (χ3n) is 8.30. The first-order valence-electron chi connectivity index (χ1n) is 14.6. The summed E-state index contributed by atoms with van der Waals surface area (Å²) in [4.78, 5) is 6.96. The molecule has 3 heterocycles. The summed E-state index contributed by atoms with van der Waals surface area (Å²) < 4.78 is 13.7. The summed E-state index contributed by atoms with van der Waals surface area (Å²) in [6, 6.07) is 38.7. The first-order valence-corrected chi connectivity index (χ1v) is 15.0.